The maximum absolute atomic E-state index is 11.7. The highest BCUT2D eigenvalue weighted by Crippen LogP contribution is 2.20. The molecule has 17 heavy (non-hydrogen) atoms. The summed E-state index contributed by atoms with van der Waals surface area (Å²) in [6.07, 6.45) is 4.34. The smallest absolute Gasteiger partial charge is 0.164 e. The summed E-state index contributed by atoms with van der Waals surface area (Å²) in [6, 6.07) is 0.204. The van der Waals surface area contributed by atoms with Gasteiger partial charge in [0.25, 0.3) is 0 Å². The molecule has 1 heterocycles. The van der Waals surface area contributed by atoms with Gasteiger partial charge in [-0.05, 0) is 12.8 Å². The fourth-order valence-electron chi connectivity index (χ4n) is 2.11. The van der Waals surface area contributed by atoms with E-state index >= 15 is 0 Å². The second-order valence-corrected chi connectivity index (χ2v) is 8.09. The SMILES string of the molecule is CCCC(N)CCN1CCSCC1S(C)(=O)=O. The number of hydrogen-bond acceptors (Lipinski definition) is 5. The average molecular weight is 280 g/mol. The van der Waals surface area contributed by atoms with Crippen LogP contribution in [0, 0.1) is 0 Å². The van der Waals surface area contributed by atoms with E-state index in [4.69, 9.17) is 5.73 Å². The van der Waals surface area contributed by atoms with Crippen LogP contribution in [-0.2, 0) is 9.84 Å². The van der Waals surface area contributed by atoms with E-state index in [1.54, 1.807) is 11.8 Å². The van der Waals surface area contributed by atoms with Gasteiger partial charge in [0.15, 0.2) is 9.84 Å². The monoisotopic (exact) mass is 280 g/mol. The van der Waals surface area contributed by atoms with Crippen LogP contribution in [0.5, 0.6) is 0 Å². The van der Waals surface area contributed by atoms with Crippen LogP contribution in [-0.4, -0.2) is 55.6 Å². The Labute approximate surface area is 109 Å². The largest absolute Gasteiger partial charge is 0.328 e. The molecule has 0 radical (unpaired) electrons. The highest BCUT2D eigenvalue weighted by molar-refractivity contribution is 8.00. The molecular formula is C11H24N2O2S2. The van der Waals surface area contributed by atoms with Crippen LogP contribution in [0.25, 0.3) is 0 Å². The molecule has 0 spiro atoms. The normalized spacial score (nSPS) is 24.8. The second-order valence-electron chi connectivity index (χ2n) is 4.73. The minimum Gasteiger partial charge on any atom is -0.328 e. The van der Waals surface area contributed by atoms with Crippen molar-refractivity contribution < 1.29 is 8.42 Å². The van der Waals surface area contributed by atoms with E-state index in [9.17, 15) is 8.42 Å². The van der Waals surface area contributed by atoms with Gasteiger partial charge in [-0.15, -0.1) is 0 Å². The quantitative estimate of drug-likeness (QED) is 0.784. The van der Waals surface area contributed by atoms with Crippen molar-refractivity contribution in [2.24, 2.45) is 5.73 Å². The van der Waals surface area contributed by atoms with Crippen LogP contribution in [0.2, 0.25) is 0 Å². The zero-order valence-electron chi connectivity index (χ0n) is 10.8. The molecule has 2 unspecified atom stereocenters. The van der Waals surface area contributed by atoms with Crippen LogP contribution in [0.4, 0.5) is 0 Å². The van der Waals surface area contributed by atoms with E-state index in [1.165, 1.54) is 6.26 Å². The van der Waals surface area contributed by atoms with Gasteiger partial charge < -0.3 is 5.73 Å². The number of nitrogens with two attached hydrogens (primary N) is 1. The summed E-state index contributed by atoms with van der Waals surface area (Å²) in [5.41, 5.74) is 5.97. The van der Waals surface area contributed by atoms with E-state index in [-0.39, 0.29) is 11.4 Å². The van der Waals surface area contributed by atoms with Crippen molar-refractivity contribution in [2.45, 2.75) is 37.6 Å². The van der Waals surface area contributed by atoms with Crippen molar-refractivity contribution >= 4 is 21.6 Å². The molecule has 1 rings (SSSR count). The third kappa shape index (κ3) is 5.16. The Kier molecular flexibility index (Phi) is 6.26. The van der Waals surface area contributed by atoms with Gasteiger partial charge in [0.05, 0.1) is 0 Å². The Hall–Kier alpha value is 0.220. The van der Waals surface area contributed by atoms with Crippen LogP contribution in [0.1, 0.15) is 26.2 Å². The van der Waals surface area contributed by atoms with Gasteiger partial charge in [-0.25, -0.2) is 8.42 Å². The molecule has 1 saturated heterocycles. The molecule has 0 saturated carbocycles. The summed E-state index contributed by atoms with van der Waals surface area (Å²) < 4.78 is 23.4. The first kappa shape index (κ1) is 15.3. The lowest BCUT2D eigenvalue weighted by Crippen LogP contribution is -2.48. The molecule has 2 N–H and O–H groups in total. The van der Waals surface area contributed by atoms with Crippen molar-refractivity contribution in [2.75, 3.05) is 30.9 Å². The van der Waals surface area contributed by atoms with Crippen LogP contribution < -0.4 is 5.73 Å². The number of sulfone groups is 1. The van der Waals surface area contributed by atoms with E-state index in [2.05, 4.69) is 11.8 Å². The Morgan fingerprint density at radius 3 is 2.76 bits per heavy atom. The lowest BCUT2D eigenvalue weighted by molar-refractivity contribution is 0.258. The summed E-state index contributed by atoms with van der Waals surface area (Å²) in [5.74, 6) is 1.72. The van der Waals surface area contributed by atoms with Crippen LogP contribution in [0.3, 0.4) is 0 Å². The predicted molar refractivity (Wildman–Crippen MR) is 75.0 cm³/mol. The summed E-state index contributed by atoms with van der Waals surface area (Å²) in [6.45, 7) is 3.79. The number of hydrogen-bond donors (Lipinski definition) is 1. The minimum absolute atomic E-state index is 0.204. The lowest BCUT2D eigenvalue weighted by atomic mass is 10.1. The first-order valence-corrected chi connectivity index (χ1v) is 9.32. The van der Waals surface area contributed by atoms with Crippen molar-refractivity contribution in [3.8, 4) is 0 Å². The molecule has 0 bridgehead atoms. The Balaban J connectivity index is 2.49. The minimum atomic E-state index is -2.97. The molecule has 0 aromatic rings. The molecule has 0 aromatic heterocycles. The zero-order valence-corrected chi connectivity index (χ0v) is 12.4. The molecule has 1 aliphatic rings. The van der Waals surface area contributed by atoms with Gasteiger partial charge in [0.2, 0.25) is 0 Å². The van der Waals surface area contributed by atoms with Gasteiger partial charge in [-0.2, -0.15) is 11.8 Å². The Morgan fingerprint density at radius 1 is 1.47 bits per heavy atom. The fourth-order valence-corrected chi connectivity index (χ4v) is 5.08. The highest BCUT2D eigenvalue weighted by Gasteiger charge is 2.30. The topological polar surface area (TPSA) is 63.4 Å². The Morgan fingerprint density at radius 2 is 2.18 bits per heavy atom. The summed E-state index contributed by atoms with van der Waals surface area (Å²) in [7, 11) is -2.97. The van der Waals surface area contributed by atoms with Crippen molar-refractivity contribution in [1.82, 2.24) is 4.90 Å². The molecule has 0 amide bonds. The van der Waals surface area contributed by atoms with E-state index in [1.807, 2.05) is 0 Å². The maximum Gasteiger partial charge on any atom is 0.164 e. The number of thioether (sulfide) groups is 1. The standard InChI is InChI=1S/C11H24N2O2S2/c1-3-4-10(12)5-6-13-7-8-16-9-11(13)17(2,14)15/h10-11H,3-9,12H2,1-2H3. The molecule has 0 aromatic carbocycles. The highest BCUT2D eigenvalue weighted by atomic mass is 32.2. The van der Waals surface area contributed by atoms with Gasteiger partial charge in [0, 0.05) is 36.9 Å². The van der Waals surface area contributed by atoms with Crippen molar-refractivity contribution in [1.29, 1.82) is 0 Å². The third-order valence-corrected chi connectivity index (χ3v) is 5.82. The predicted octanol–water partition coefficient (Wildman–Crippen LogP) is 0.923. The van der Waals surface area contributed by atoms with Gasteiger partial charge in [-0.3, -0.25) is 4.90 Å². The molecule has 0 aliphatic carbocycles. The van der Waals surface area contributed by atoms with Gasteiger partial charge in [0.1, 0.15) is 5.37 Å². The number of rotatable bonds is 6. The average Bonchev–Trinajstić information content (AvgIpc) is 2.26. The molecule has 1 fully saturated rings. The number of nitrogens with zero attached hydrogens (tertiary/aromatic N) is 1. The van der Waals surface area contributed by atoms with E-state index in [0.717, 1.165) is 38.1 Å². The molecular weight excluding hydrogens is 256 g/mol. The van der Waals surface area contributed by atoms with E-state index in [0.29, 0.717) is 5.75 Å². The first-order chi connectivity index (χ1) is 7.95. The van der Waals surface area contributed by atoms with E-state index < -0.39 is 9.84 Å². The van der Waals surface area contributed by atoms with Crippen LogP contribution in [0.15, 0.2) is 0 Å². The lowest BCUT2D eigenvalue weighted by Gasteiger charge is -2.34. The zero-order chi connectivity index (χ0) is 12.9. The molecule has 4 nitrogen and oxygen atoms in total. The fraction of sp³-hybridized carbons (Fsp3) is 1.00. The van der Waals surface area contributed by atoms with Crippen LogP contribution >= 0.6 is 11.8 Å². The summed E-state index contributed by atoms with van der Waals surface area (Å²) in [5, 5.41) is -0.310. The van der Waals surface area contributed by atoms with Gasteiger partial charge in [-0.1, -0.05) is 13.3 Å². The molecule has 2 atom stereocenters. The van der Waals surface area contributed by atoms with Crippen molar-refractivity contribution in [3.05, 3.63) is 0 Å². The molecule has 6 heteroatoms. The first-order valence-electron chi connectivity index (χ1n) is 6.21. The molecule has 1 aliphatic heterocycles. The summed E-state index contributed by atoms with van der Waals surface area (Å²) in [4.78, 5) is 2.08. The maximum atomic E-state index is 11.7. The Bertz CT molecular complexity index is 319. The molecule has 102 valence electrons. The van der Waals surface area contributed by atoms with Gasteiger partial charge >= 0.3 is 0 Å². The third-order valence-electron chi connectivity index (χ3n) is 3.13. The summed E-state index contributed by atoms with van der Waals surface area (Å²) >= 11 is 1.73. The van der Waals surface area contributed by atoms with Crippen molar-refractivity contribution in [3.63, 3.8) is 0 Å². The second kappa shape index (κ2) is 6.97.